The minimum Gasteiger partial charge on any atom is -0.397 e. The van der Waals surface area contributed by atoms with E-state index in [0.717, 1.165) is 47.9 Å². The Morgan fingerprint density at radius 3 is 2.74 bits per heavy atom. The maximum atomic E-state index is 14.1. The van der Waals surface area contributed by atoms with Crippen LogP contribution in [0.5, 0.6) is 0 Å². The molecule has 0 bridgehead atoms. The fourth-order valence-electron chi connectivity index (χ4n) is 5.01. The molecule has 3 heterocycles. The number of anilines is 3. The first kappa shape index (κ1) is 21.4. The molecule has 5 N–H and O–H groups in total. The van der Waals surface area contributed by atoms with E-state index in [4.69, 9.17) is 5.73 Å². The van der Waals surface area contributed by atoms with Crippen molar-refractivity contribution >= 4 is 40.4 Å². The van der Waals surface area contributed by atoms with Crippen LogP contribution in [0.4, 0.5) is 17.1 Å². The number of benzene rings is 2. The second-order valence-electron chi connectivity index (χ2n) is 9.28. The summed E-state index contributed by atoms with van der Waals surface area (Å²) in [5.74, 6) is 0.466. The molecule has 7 heteroatoms. The van der Waals surface area contributed by atoms with Gasteiger partial charge in [-0.25, -0.2) is 0 Å². The van der Waals surface area contributed by atoms with Gasteiger partial charge in [0.25, 0.3) is 5.91 Å². The molecule has 6 rings (SSSR count). The van der Waals surface area contributed by atoms with Crippen molar-refractivity contribution in [3.63, 3.8) is 0 Å². The van der Waals surface area contributed by atoms with Gasteiger partial charge in [0.2, 0.25) is 0 Å². The molecule has 2 aromatic carbocycles. The highest BCUT2D eigenvalue weighted by molar-refractivity contribution is 7.13. The number of hydrogen-bond donors (Lipinski definition) is 4. The lowest BCUT2D eigenvalue weighted by Crippen LogP contribution is -2.65. The van der Waals surface area contributed by atoms with Crippen LogP contribution in [0.15, 0.2) is 60.0 Å². The van der Waals surface area contributed by atoms with E-state index in [9.17, 15) is 4.79 Å². The number of rotatable bonds is 5. The molecule has 174 valence electrons. The van der Waals surface area contributed by atoms with E-state index in [1.807, 2.05) is 30.3 Å². The molecule has 1 aliphatic carbocycles. The summed E-state index contributed by atoms with van der Waals surface area (Å²) in [7, 11) is 0. The van der Waals surface area contributed by atoms with Crippen molar-refractivity contribution < 1.29 is 4.79 Å². The smallest absolute Gasteiger partial charge is 0.269 e. The molecule has 3 aliphatic rings. The first-order valence-corrected chi connectivity index (χ1v) is 12.8. The van der Waals surface area contributed by atoms with Crippen molar-refractivity contribution in [2.75, 3.05) is 42.5 Å². The highest BCUT2D eigenvalue weighted by Gasteiger charge is 2.45. The van der Waals surface area contributed by atoms with Gasteiger partial charge in [0.05, 0.1) is 11.4 Å². The SMILES string of the molecule is Nc1ccc(-c2cccs2)cc1NC(=O)C1(N2CCNCC2)C=Cc2cccc(C3CC3)c2N1. The monoisotopic (exact) mass is 471 g/mol. The van der Waals surface area contributed by atoms with Gasteiger partial charge in [0, 0.05) is 36.7 Å². The van der Waals surface area contributed by atoms with Crippen LogP contribution in [-0.2, 0) is 4.79 Å². The molecule has 3 aromatic rings. The third-order valence-electron chi connectivity index (χ3n) is 7.03. The maximum absolute atomic E-state index is 14.1. The van der Waals surface area contributed by atoms with Crippen molar-refractivity contribution in [1.29, 1.82) is 0 Å². The summed E-state index contributed by atoms with van der Waals surface area (Å²) in [4.78, 5) is 17.5. The number of carbonyl (C=O) groups is 1. The highest BCUT2D eigenvalue weighted by Crippen LogP contribution is 2.47. The van der Waals surface area contributed by atoms with E-state index in [1.54, 1.807) is 11.3 Å². The number of thiophene rings is 1. The van der Waals surface area contributed by atoms with E-state index < -0.39 is 5.66 Å². The van der Waals surface area contributed by atoms with Gasteiger partial charge in [-0.2, -0.15) is 0 Å². The first-order valence-electron chi connectivity index (χ1n) is 11.9. The van der Waals surface area contributed by atoms with Crippen LogP contribution < -0.4 is 21.7 Å². The Morgan fingerprint density at radius 1 is 1.12 bits per heavy atom. The van der Waals surface area contributed by atoms with Gasteiger partial charge in [-0.05, 0) is 65.1 Å². The second kappa shape index (κ2) is 8.58. The van der Waals surface area contributed by atoms with Crippen LogP contribution >= 0.6 is 11.3 Å². The molecule has 2 fully saturated rings. The fourth-order valence-corrected chi connectivity index (χ4v) is 5.73. The van der Waals surface area contributed by atoms with Crippen molar-refractivity contribution in [2.45, 2.75) is 24.4 Å². The lowest BCUT2D eigenvalue weighted by molar-refractivity contribution is -0.124. The molecule has 2 aliphatic heterocycles. The van der Waals surface area contributed by atoms with Crippen molar-refractivity contribution in [3.8, 4) is 10.4 Å². The number of nitrogens with zero attached hydrogens (tertiary/aromatic N) is 1. The lowest BCUT2D eigenvalue weighted by Gasteiger charge is -2.45. The molecular weight excluding hydrogens is 442 g/mol. The zero-order valence-corrected chi connectivity index (χ0v) is 19.8. The van der Waals surface area contributed by atoms with Gasteiger partial charge in [-0.1, -0.05) is 36.4 Å². The topological polar surface area (TPSA) is 82.4 Å². The highest BCUT2D eigenvalue weighted by atomic mass is 32.1. The van der Waals surface area contributed by atoms with Crippen molar-refractivity contribution in [2.24, 2.45) is 0 Å². The molecule has 1 unspecified atom stereocenters. The largest absolute Gasteiger partial charge is 0.397 e. The molecule has 1 saturated carbocycles. The van der Waals surface area contributed by atoms with Gasteiger partial charge < -0.3 is 21.7 Å². The van der Waals surface area contributed by atoms with Crippen LogP contribution in [0, 0.1) is 0 Å². The fraction of sp³-hybridized carbons (Fsp3) is 0.296. The Kier molecular flexibility index (Phi) is 5.40. The molecule has 1 aromatic heterocycles. The molecule has 6 nitrogen and oxygen atoms in total. The Balaban J connectivity index is 1.37. The number of piperazine rings is 1. The van der Waals surface area contributed by atoms with E-state index in [2.05, 4.69) is 56.6 Å². The molecule has 1 saturated heterocycles. The number of nitrogen functional groups attached to an aromatic ring is 1. The number of hydrogen-bond acceptors (Lipinski definition) is 6. The van der Waals surface area contributed by atoms with Crippen LogP contribution in [-0.4, -0.2) is 42.6 Å². The Bertz CT molecular complexity index is 1240. The van der Waals surface area contributed by atoms with Gasteiger partial charge in [0.15, 0.2) is 5.66 Å². The molecule has 1 amide bonds. The Hall–Kier alpha value is -3.13. The van der Waals surface area contributed by atoms with Crippen LogP contribution in [0.3, 0.4) is 0 Å². The Labute approximate surface area is 203 Å². The summed E-state index contributed by atoms with van der Waals surface area (Å²) in [6.45, 7) is 3.24. The average molecular weight is 472 g/mol. The minimum absolute atomic E-state index is 0.114. The van der Waals surface area contributed by atoms with Gasteiger partial charge in [-0.15, -0.1) is 11.3 Å². The van der Waals surface area contributed by atoms with Crippen molar-refractivity contribution in [1.82, 2.24) is 10.2 Å². The number of fused-ring (bicyclic) bond motifs is 1. The Morgan fingerprint density at radius 2 is 1.97 bits per heavy atom. The third-order valence-corrected chi connectivity index (χ3v) is 7.95. The maximum Gasteiger partial charge on any atom is 0.269 e. The predicted octanol–water partition coefficient (Wildman–Crippen LogP) is 4.55. The summed E-state index contributed by atoms with van der Waals surface area (Å²) >= 11 is 1.67. The lowest BCUT2D eigenvalue weighted by atomic mass is 9.93. The third kappa shape index (κ3) is 3.79. The zero-order chi connectivity index (χ0) is 23.1. The first-order chi connectivity index (χ1) is 16.6. The van der Waals surface area contributed by atoms with E-state index in [1.165, 1.54) is 18.4 Å². The normalized spacial score (nSPS) is 22.1. The van der Waals surface area contributed by atoms with Crippen molar-refractivity contribution in [3.05, 3.63) is 71.1 Å². The number of amides is 1. The number of nitrogens with two attached hydrogens (primary N) is 1. The number of nitrogens with one attached hydrogen (secondary N) is 3. The summed E-state index contributed by atoms with van der Waals surface area (Å²) in [6, 6.07) is 16.4. The van der Waals surface area contributed by atoms with E-state index in [0.29, 0.717) is 17.3 Å². The predicted molar refractivity (Wildman–Crippen MR) is 141 cm³/mol. The molecule has 34 heavy (non-hydrogen) atoms. The molecule has 0 spiro atoms. The molecule has 1 atom stereocenters. The summed E-state index contributed by atoms with van der Waals surface area (Å²) in [5.41, 5.74) is 11.1. The minimum atomic E-state index is -0.981. The van der Waals surface area contributed by atoms with E-state index >= 15 is 0 Å². The van der Waals surface area contributed by atoms with Crippen LogP contribution in [0.25, 0.3) is 16.5 Å². The second-order valence-corrected chi connectivity index (χ2v) is 10.2. The van der Waals surface area contributed by atoms with Gasteiger partial charge in [0.1, 0.15) is 0 Å². The van der Waals surface area contributed by atoms with Crippen LogP contribution in [0.2, 0.25) is 0 Å². The molecule has 0 radical (unpaired) electrons. The van der Waals surface area contributed by atoms with Crippen LogP contribution in [0.1, 0.15) is 29.9 Å². The summed E-state index contributed by atoms with van der Waals surface area (Å²) < 4.78 is 0. The van der Waals surface area contributed by atoms with Gasteiger partial charge in [-0.3, -0.25) is 9.69 Å². The quantitative estimate of drug-likeness (QED) is 0.410. The number of carbonyl (C=O) groups excluding carboxylic acids is 1. The van der Waals surface area contributed by atoms with Gasteiger partial charge >= 0.3 is 0 Å². The number of para-hydroxylation sites is 1. The zero-order valence-electron chi connectivity index (χ0n) is 19.0. The summed E-state index contributed by atoms with van der Waals surface area (Å²) in [6.07, 6.45) is 6.54. The van der Waals surface area contributed by atoms with E-state index in [-0.39, 0.29) is 5.91 Å². The summed E-state index contributed by atoms with van der Waals surface area (Å²) in [5, 5.41) is 12.3. The average Bonchev–Trinajstić information content (AvgIpc) is 3.58. The molecular formula is C27H29N5OS. The standard InChI is InChI=1S/C27H29N5OS/c28-22-9-8-20(24-5-2-16-34-24)17-23(22)30-26(33)27(32-14-12-29-13-15-32)11-10-19-3-1-4-21(18-6-7-18)25(19)31-27/h1-5,8-11,16-18,29,31H,6-7,12-15,28H2,(H,30,33).